The van der Waals surface area contributed by atoms with Crippen molar-refractivity contribution in [1.29, 1.82) is 0 Å². The minimum absolute atomic E-state index is 0.424. The summed E-state index contributed by atoms with van der Waals surface area (Å²) in [6.07, 6.45) is 1.54. The van der Waals surface area contributed by atoms with Crippen LogP contribution in [0.4, 0.5) is 4.39 Å². The zero-order valence-electron chi connectivity index (χ0n) is 12.3. The van der Waals surface area contributed by atoms with Crippen LogP contribution in [0.5, 0.6) is 5.75 Å². The zero-order valence-corrected chi connectivity index (χ0v) is 12.3. The molecule has 2 nitrogen and oxygen atoms in total. The van der Waals surface area contributed by atoms with Gasteiger partial charge >= 0.3 is 0 Å². The van der Waals surface area contributed by atoms with Crippen LogP contribution in [0.15, 0.2) is 66.9 Å². The van der Waals surface area contributed by atoms with Gasteiger partial charge in [-0.05, 0) is 36.2 Å². The average molecular weight is 293 g/mol. The summed E-state index contributed by atoms with van der Waals surface area (Å²) in [4.78, 5) is 3.76. The molecular formula is C19H16FNO. The summed E-state index contributed by atoms with van der Waals surface area (Å²) in [6, 6.07) is 19.6. The molecule has 0 spiro atoms. The highest BCUT2D eigenvalue weighted by atomic mass is 19.1. The molecule has 0 fully saturated rings. The number of nitrogens with zero attached hydrogens (tertiary/aromatic N) is 1. The summed E-state index contributed by atoms with van der Waals surface area (Å²) in [6.45, 7) is 2.25. The number of hydrogen-bond donors (Lipinski definition) is 0. The van der Waals surface area contributed by atoms with Crippen LogP contribution in [-0.4, -0.2) is 4.98 Å². The van der Waals surface area contributed by atoms with E-state index in [1.54, 1.807) is 19.2 Å². The minimum Gasteiger partial charge on any atom is -0.489 e. The van der Waals surface area contributed by atoms with E-state index in [0.717, 1.165) is 22.4 Å². The number of aryl methyl sites for hydroxylation is 1. The molecule has 3 rings (SSSR count). The maximum atomic E-state index is 13.2. The predicted octanol–water partition coefficient (Wildman–Crippen LogP) is 4.78. The van der Waals surface area contributed by atoms with Gasteiger partial charge in [-0.1, -0.05) is 42.5 Å². The van der Waals surface area contributed by atoms with Crippen LogP contribution in [-0.2, 0) is 6.61 Å². The smallest absolute Gasteiger partial charge is 0.215 e. The van der Waals surface area contributed by atoms with Crippen LogP contribution in [0.2, 0.25) is 0 Å². The van der Waals surface area contributed by atoms with Gasteiger partial charge in [0, 0.05) is 17.3 Å². The Morgan fingerprint density at radius 1 is 0.955 bits per heavy atom. The molecule has 0 amide bonds. The third-order valence-corrected chi connectivity index (χ3v) is 3.45. The van der Waals surface area contributed by atoms with E-state index in [0.29, 0.717) is 12.2 Å². The maximum Gasteiger partial charge on any atom is 0.215 e. The van der Waals surface area contributed by atoms with E-state index < -0.39 is 5.95 Å². The Labute approximate surface area is 129 Å². The first-order valence-electron chi connectivity index (χ1n) is 7.12. The fraction of sp³-hybridized carbons (Fsp3) is 0.105. The van der Waals surface area contributed by atoms with Crippen LogP contribution in [0.1, 0.15) is 11.1 Å². The standard InChI is InChI=1S/C19H16FNO/c1-14-11-17(12-21-19(14)20)16-7-9-18(10-8-16)22-13-15-5-3-2-4-6-15/h2-12H,13H2,1H3. The van der Waals surface area contributed by atoms with Crippen molar-refractivity contribution in [2.24, 2.45) is 0 Å². The molecule has 1 heterocycles. The second kappa shape index (κ2) is 6.39. The van der Waals surface area contributed by atoms with E-state index >= 15 is 0 Å². The van der Waals surface area contributed by atoms with Crippen LogP contribution >= 0.6 is 0 Å². The van der Waals surface area contributed by atoms with Crippen LogP contribution < -0.4 is 4.74 Å². The van der Waals surface area contributed by atoms with Crippen LogP contribution in [0, 0.1) is 12.9 Å². The monoisotopic (exact) mass is 293 g/mol. The summed E-state index contributed by atoms with van der Waals surface area (Å²) < 4.78 is 19.0. The highest BCUT2D eigenvalue weighted by Gasteiger charge is 2.03. The molecule has 1 aromatic heterocycles. The Hall–Kier alpha value is -2.68. The topological polar surface area (TPSA) is 22.1 Å². The maximum absolute atomic E-state index is 13.2. The highest BCUT2D eigenvalue weighted by molar-refractivity contribution is 5.63. The normalized spacial score (nSPS) is 10.5. The first kappa shape index (κ1) is 14.3. The lowest BCUT2D eigenvalue weighted by atomic mass is 10.1. The summed E-state index contributed by atoms with van der Waals surface area (Å²) >= 11 is 0. The highest BCUT2D eigenvalue weighted by Crippen LogP contribution is 2.23. The molecule has 3 heteroatoms. The molecule has 0 atom stereocenters. The quantitative estimate of drug-likeness (QED) is 0.646. The molecule has 0 bridgehead atoms. The molecule has 3 aromatic rings. The van der Waals surface area contributed by atoms with E-state index in [2.05, 4.69) is 4.98 Å². The fourth-order valence-electron chi connectivity index (χ4n) is 2.20. The number of rotatable bonds is 4. The van der Waals surface area contributed by atoms with Gasteiger partial charge in [0.1, 0.15) is 12.4 Å². The molecule has 0 aliphatic rings. The molecule has 0 saturated carbocycles. The lowest BCUT2D eigenvalue weighted by Crippen LogP contribution is -1.95. The molecule has 0 radical (unpaired) electrons. The number of aromatic nitrogens is 1. The SMILES string of the molecule is Cc1cc(-c2ccc(OCc3ccccc3)cc2)cnc1F. The van der Waals surface area contributed by atoms with Crippen molar-refractivity contribution in [3.8, 4) is 16.9 Å². The molecule has 2 aromatic carbocycles. The van der Waals surface area contributed by atoms with Crippen LogP contribution in [0.3, 0.4) is 0 Å². The van der Waals surface area contributed by atoms with E-state index in [1.807, 2.05) is 54.6 Å². The number of halogens is 1. The summed E-state index contributed by atoms with van der Waals surface area (Å²) in [5.41, 5.74) is 3.56. The predicted molar refractivity (Wildman–Crippen MR) is 85.1 cm³/mol. The number of hydrogen-bond acceptors (Lipinski definition) is 2. The van der Waals surface area contributed by atoms with E-state index in [-0.39, 0.29) is 0 Å². The van der Waals surface area contributed by atoms with Crippen molar-refractivity contribution in [2.75, 3.05) is 0 Å². The summed E-state index contributed by atoms with van der Waals surface area (Å²) in [5.74, 6) is 0.381. The van der Waals surface area contributed by atoms with Crippen molar-refractivity contribution < 1.29 is 9.13 Å². The third-order valence-electron chi connectivity index (χ3n) is 3.45. The van der Waals surface area contributed by atoms with Gasteiger partial charge < -0.3 is 4.74 Å². The van der Waals surface area contributed by atoms with E-state index in [4.69, 9.17) is 4.74 Å². The number of benzene rings is 2. The van der Waals surface area contributed by atoms with Gasteiger partial charge in [0.25, 0.3) is 0 Å². The molecular weight excluding hydrogens is 277 g/mol. The van der Waals surface area contributed by atoms with Gasteiger partial charge in [-0.3, -0.25) is 0 Å². The lowest BCUT2D eigenvalue weighted by molar-refractivity contribution is 0.306. The van der Waals surface area contributed by atoms with Gasteiger partial charge in [0.15, 0.2) is 0 Å². The third kappa shape index (κ3) is 3.31. The molecule has 110 valence electrons. The second-order valence-electron chi connectivity index (χ2n) is 5.13. The molecule has 0 unspecified atom stereocenters. The second-order valence-corrected chi connectivity index (χ2v) is 5.13. The molecule has 0 aliphatic carbocycles. The van der Waals surface area contributed by atoms with Crippen LogP contribution in [0.25, 0.3) is 11.1 Å². The average Bonchev–Trinajstić information content (AvgIpc) is 2.57. The van der Waals surface area contributed by atoms with Gasteiger partial charge in [-0.2, -0.15) is 4.39 Å². The fourth-order valence-corrected chi connectivity index (χ4v) is 2.20. The minimum atomic E-state index is -0.424. The van der Waals surface area contributed by atoms with Crippen molar-refractivity contribution in [2.45, 2.75) is 13.5 Å². The van der Waals surface area contributed by atoms with Gasteiger partial charge in [-0.15, -0.1) is 0 Å². The first-order chi connectivity index (χ1) is 10.7. The molecule has 0 aliphatic heterocycles. The molecule has 22 heavy (non-hydrogen) atoms. The van der Waals surface area contributed by atoms with Crippen molar-refractivity contribution in [1.82, 2.24) is 4.98 Å². The number of pyridine rings is 1. The Morgan fingerprint density at radius 2 is 1.68 bits per heavy atom. The van der Waals surface area contributed by atoms with Gasteiger partial charge in [0.05, 0.1) is 0 Å². The van der Waals surface area contributed by atoms with Crippen molar-refractivity contribution >= 4 is 0 Å². The van der Waals surface area contributed by atoms with Crippen molar-refractivity contribution in [3.05, 3.63) is 83.9 Å². The Kier molecular flexibility index (Phi) is 4.15. The zero-order chi connectivity index (χ0) is 15.4. The Morgan fingerprint density at radius 3 is 2.36 bits per heavy atom. The summed E-state index contributed by atoms with van der Waals surface area (Å²) in [7, 11) is 0. The lowest BCUT2D eigenvalue weighted by Gasteiger charge is -2.08. The first-order valence-corrected chi connectivity index (χ1v) is 7.12. The van der Waals surface area contributed by atoms with E-state index in [9.17, 15) is 4.39 Å². The molecule has 0 saturated heterocycles. The largest absolute Gasteiger partial charge is 0.489 e. The number of ether oxygens (including phenoxy) is 1. The van der Waals surface area contributed by atoms with Crippen molar-refractivity contribution in [3.63, 3.8) is 0 Å². The molecule has 0 N–H and O–H groups in total. The van der Waals surface area contributed by atoms with Gasteiger partial charge in [-0.25, -0.2) is 4.98 Å². The Balaban J connectivity index is 1.71. The summed E-state index contributed by atoms with van der Waals surface area (Å²) in [5, 5.41) is 0. The Bertz CT molecular complexity index is 754. The van der Waals surface area contributed by atoms with Gasteiger partial charge in [0.2, 0.25) is 5.95 Å². The van der Waals surface area contributed by atoms with E-state index in [1.165, 1.54) is 0 Å².